The first-order chi connectivity index (χ1) is 6.92. The SMILES string of the molecule is N#C[C@H](c1ccccn1)c1cccs1. The summed E-state index contributed by atoms with van der Waals surface area (Å²) in [7, 11) is 0. The van der Waals surface area contributed by atoms with Gasteiger partial charge in [-0.05, 0) is 23.6 Å². The maximum atomic E-state index is 9.07. The fourth-order valence-corrected chi connectivity index (χ4v) is 2.06. The van der Waals surface area contributed by atoms with Gasteiger partial charge in [0, 0.05) is 11.1 Å². The highest BCUT2D eigenvalue weighted by Gasteiger charge is 2.14. The van der Waals surface area contributed by atoms with Crippen molar-refractivity contribution in [2.45, 2.75) is 5.92 Å². The van der Waals surface area contributed by atoms with Gasteiger partial charge in [-0.1, -0.05) is 12.1 Å². The average molecular weight is 200 g/mol. The molecule has 0 radical (unpaired) electrons. The second-order valence-electron chi connectivity index (χ2n) is 2.83. The molecule has 2 aromatic heterocycles. The molecule has 2 heterocycles. The van der Waals surface area contributed by atoms with Crippen LogP contribution in [0.5, 0.6) is 0 Å². The van der Waals surface area contributed by atoms with Gasteiger partial charge in [-0.15, -0.1) is 11.3 Å². The van der Waals surface area contributed by atoms with E-state index in [0.717, 1.165) is 10.6 Å². The van der Waals surface area contributed by atoms with Crippen molar-refractivity contribution < 1.29 is 0 Å². The molecule has 0 fully saturated rings. The molecule has 0 aliphatic rings. The number of rotatable bonds is 2. The summed E-state index contributed by atoms with van der Waals surface area (Å²) >= 11 is 1.59. The minimum absolute atomic E-state index is 0.226. The minimum Gasteiger partial charge on any atom is -0.260 e. The topological polar surface area (TPSA) is 36.7 Å². The highest BCUT2D eigenvalue weighted by atomic mass is 32.1. The molecule has 3 heteroatoms. The lowest BCUT2D eigenvalue weighted by molar-refractivity contribution is 0.988. The van der Waals surface area contributed by atoms with Gasteiger partial charge in [-0.2, -0.15) is 5.26 Å². The number of thiophene rings is 1. The van der Waals surface area contributed by atoms with E-state index in [1.54, 1.807) is 17.5 Å². The Morgan fingerprint density at radius 3 is 2.79 bits per heavy atom. The van der Waals surface area contributed by atoms with Gasteiger partial charge >= 0.3 is 0 Å². The Balaban J connectivity index is 2.38. The van der Waals surface area contributed by atoms with E-state index in [4.69, 9.17) is 5.26 Å². The summed E-state index contributed by atoms with van der Waals surface area (Å²) < 4.78 is 0. The fraction of sp³-hybridized carbons (Fsp3) is 0.0909. The lowest BCUT2D eigenvalue weighted by Gasteiger charge is -2.04. The van der Waals surface area contributed by atoms with Crippen molar-refractivity contribution >= 4 is 11.3 Å². The highest BCUT2D eigenvalue weighted by Crippen LogP contribution is 2.25. The largest absolute Gasteiger partial charge is 0.260 e. The Kier molecular flexibility index (Phi) is 2.57. The fourth-order valence-electron chi connectivity index (χ4n) is 1.28. The van der Waals surface area contributed by atoms with Gasteiger partial charge in [0.15, 0.2) is 0 Å². The second kappa shape index (κ2) is 4.03. The van der Waals surface area contributed by atoms with Crippen LogP contribution in [0.3, 0.4) is 0 Å². The van der Waals surface area contributed by atoms with E-state index in [-0.39, 0.29) is 5.92 Å². The smallest absolute Gasteiger partial charge is 0.122 e. The molecular formula is C11H8N2S. The van der Waals surface area contributed by atoms with Crippen molar-refractivity contribution in [2.24, 2.45) is 0 Å². The quantitative estimate of drug-likeness (QED) is 0.747. The number of aromatic nitrogens is 1. The zero-order chi connectivity index (χ0) is 9.80. The molecule has 0 spiro atoms. The van der Waals surface area contributed by atoms with Gasteiger partial charge in [-0.25, -0.2) is 0 Å². The molecule has 0 aromatic carbocycles. The Hall–Kier alpha value is -1.66. The van der Waals surface area contributed by atoms with Crippen LogP contribution in [0.4, 0.5) is 0 Å². The molecule has 0 unspecified atom stereocenters. The van der Waals surface area contributed by atoms with Gasteiger partial charge in [0.1, 0.15) is 5.92 Å². The second-order valence-corrected chi connectivity index (χ2v) is 3.81. The zero-order valence-corrected chi connectivity index (χ0v) is 8.24. The third-order valence-electron chi connectivity index (χ3n) is 1.94. The van der Waals surface area contributed by atoms with Crippen molar-refractivity contribution in [2.75, 3.05) is 0 Å². The number of hydrogen-bond donors (Lipinski definition) is 0. The molecule has 14 heavy (non-hydrogen) atoms. The summed E-state index contributed by atoms with van der Waals surface area (Å²) in [6.45, 7) is 0. The number of nitrogens with zero attached hydrogens (tertiary/aromatic N) is 2. The number of nitriles is 1. The van der Waals surface area contributed by atoms with E-state index in [0.29, 0.717) is 0 Å². The molecule has 0 amide bonds. The molecule has 0 aliphatic heterocycles. The Morgan fingerprint density at radius 1 is 1.29 bits per heavy atom. The van der Waals surface area contributed by atoms with Crippen LogP contribution in [-0.4, -0.2) is 4.98 Å². The maximum Gasteiger partial charge on any atom is 0.122 e. The molecule has 1 atom stereocenters. The summed E-state index contributed by atoms with van der Waals surface area (Å²) in [5, 5.41) is 11.0. The van der Waals surface area contributed by atoms with Gasteiger partial charge < -0.3 is 0 Å². The van der Waals surface area contributed by atoms with Gasteiger partial charge in [-0.3, -0.25) is 4.98 Å². The van der Waals surface area contributed by atoms with Crippen molar-refractivity contribution in [3.05, 3.63) is 52.5 Å². The normalized spacial score (nSPS) is 11.9. The third kappa shape index (κ3) is 1.66. The molecule has 2 rings (SSSR count). The van der Waals surface area contributed by atoms with Crippen molar-refractivity contribution in [3.63, 3.8) is 0 Å². The number of pyridine rings is 1. The Labute approximate surface area is 86.5 Å². The van der Waals surface area contributed by atoms with Gasteiger partial charge in [0.25, 0.3) is 0 Å². The van der Waals surface area contributed by atoms with Crippen LogP contribution in [0, 0.1) is 11.3 Å². The first-order valence-electron chi connectivity index (χ1n) is 4.26. The first kappa shape index (κ1) is 8.92. The van der Waals surface area contributed by atoms with E-state index < -0.39 is 0 Å². The molecule has 0 saturated carbocycles. The lowest BCUT2D eigenvalue weighted by Crippen LogP contribution is -1.97. The molecule has 0 bridgehead atoms. The van der Waals surface area contributed by atoms with E-state index in [1.807, 2.05) is 35.7 Å². The van der Waals surface area contributed by atoms with Crippen LogP contribution in [0.15, 0.2) is 41.9 Å². The van der Waals surface area contributed by atoms with Crippen LogP contribution in [0.25, 0.3) is 0 Å². The highest BCUT2D eigenvalue weighted by molar-refractivity contribution is 7.10. The molecule has 0 N–H and O–H groups in total. The summed E-state index contributed by atoms with van der Waals surface area (Å²) in [6, 6.07) is 11.8. The third-order valence-corrected chi connectivity index (χ3v) is 2.88. The molecule has 0 aliphatic carbocycles. The van der Waals surface area contributed by atoms with Crippen molar-refractivity contribution in [3.8, 4) is 6.07 Å². The van der Waals surface area contributed by atoms with E-state index in [9.17, 15) is 0 Å². The Bertz CT molecular complexity index is 428. The molecule has 2 aromatic rings. The maximum absolute atomic E-state index is 9.07. The van der Waals surface area contributed by atoms with E-state index in [1.165, 1.54) is 0 Å². The van der Waals surface area contributed by atoms with Crippen LogP contribution in [0.2, 0.25) is 0 Å². The van der Waals surface area contributed by atoms with Crippen molar-refractivity contribution in [1.82, 2.24) is 4.98 Å². The zero-order valence-electron chi connectivity index (χ0n) is 7.42. The standard InChI is InChI=1S/C11H8N2S/c12-8-9(11-5-3-7-14-11)10-4-1-2-6-13-10/h1-7,9H/t9-/m1/s1. The van der Waals surface area contributed by atoms with Crippen LogP contribution in [0.1, 0.15) is 16.5 Å². The monoisotopic (exact) mass is 200 g/mol. The summed E-state index contributed by atoms with van der Waals surface area (Å²) in [6.07, 6.45) is 1.72. The molecule has 68 valence electrons. The minimum atomic E-state index is -0.226. The lowest BCUT2D eigenvalue weighted by atomic mass is 10.1. The van der Waals surface area contributed by atoms with Gasteiger partial charge in [0.2, 0.25) is 0 Å². The van der Waals surface area contributed by atoms with Crippen LogP contribution >= 0.6 is 11.3 Å². The predicted octanol–water partition coefficient (Wildman–Crippen LogP) is 2.80. The van der Waals surface area contributed by atoms with E-state index >= 15 is 0 Å². The van der Waals surface area contributed by atoms with Crippen LogP contribution < -0.4 is 0 Å². The Morgan fingerprint density at radius 2 is 2.21 bits per heavy atom. The number of hydrogen-bond acceptors (Lipinski definition) is 3. The molecule has 2 nitrogen and oxygen atoms in total. The summed E-state index contributed by atoms with van der Waals surface area (Å²) in [4.78, 5) is 5.24. The first-order valence-corrected chi connectivity index (χ1v) is 5.13. The van der Waals surface area contributed by atoms with Crippen molar-refractivity contribution in [1.29, 1.82) is 5.26 Å². The predicted molar refractivity (Wildman–Crippen MR) is 56.0 cm³/mol. The average Bonchev–Trinajstić information content (AvgIpc) is 2.74. The van der Waals surface area contributed by atoms with E-state index in [2.05, 4.69) is 11.1 Å². The molecule has 0 saturated heterocycles. The summed E-state index contributed by atoms with van der Waals surface area (Å²) in [5.41, 5.74) is 0.817. The van der Waals surface area contributed by atoms with Gasteiger partial charge in [0.05, 0.1) is 11.8 Å². The summed E-state index contributed by atoms with van der Waals surface area (Å²) in [5.74, 6) is -0.226. The van der Waals surface area contributed by atoms with Crippen LogP contribution in [-0.2, 0) is 0 Å². The molecular weight excluding hydrogens is 192 g/mol.